The van der Waals surface area contributed by atoms with Crippen LogP contribution in [0.25, 0.3) is 0 Å². The molecule has 0 aliphatic rings. The molecule has 1 heterocycles. The third-order valence-electron chi connectivity index (χ3n) is 3.81. The summed E-state index contributed by atoms with van der Waals surface area (Å²) in [6, 6.07) is -0.0615. The lowest BCUT2D eigenvalue weighted by atomic mass is 9.84. The lowest BCUT2D eigenvalue weighted by Gasteiger charge is -2.44. The fourth-order valence-corrected chi connectivity index (χ4v) is 2.42. The molecular weight excluding hydrogens is 212 g/mol. The highest BCUT2D eigenvalue weighted by Crippen LogP contribution is 2.31. The molecular formula is C13H24N4. The molecule has 0 aliphatic carbocycles. The van der Waals surface area contributed by atoms with E-state index in [-0.39, 0.29) is 11.6 Å². The number of hydrogen-bond donors (Lipinski definition) is 1. The minimum absolute atomic E-state index is 0.0474. The quantitative estimate of drug-likeness (QED) is 0.820. The third kappa shape index (κ3) is 2.82. The molecule has 1 rings (SSSR count). The van der Waals surface area contributed by atoms with Crippen LogP contribution in [0.2, 0.25) is 0 Å². The SMILES string of the molecule is CCN(CC)C(C)(CC)C(N)c1cncnc1. The number of nitrogens with zero attached hydrogens (tertiary/aromatic N) is 3. The van der Waals surface area contributed by atoms with E-state index < -0.39 is 0 Å². The van der Waals surface area contributed by atoms with E-state index in [1.54, 1.807) is 0 Å². The summed E-state index contributed by atoms with van der Waals surface area (Å²) in [4.78, 5) is 10.5. The number of nitrogens with two attached hydrogens (primary N) is 1. The van der Waals surface area contributed by atoms with Gasteiger partial charge in [-0.2, -0.15) is 0 Å². The molecule has 2 unspecified atom stereocenters. The van der Waals surface area contributed by atoms with Crippen LogP contribution in [0.3, 0.4) is 0 Å². The maximum Gasteiger partial charge on any atom is 0.115 e. The molecule has 17 heavy (non-hydrogen) atoms. The Labute approximate surface area is 104 Å². The number of hydrogen-bond acceptors (Lipinski definition) is 4. The molecule has 0 saturated heterocycles. The van der Waals surface area contributed by atoms with Gasteiger partial charge in [0.05, 0.1) is 6.04 Å². The Morgan fingerprint density at radius 2 is 1.76 bits per heavy atom. The van der Waals surface area contributed by atoms with Crippen LogP contribution >= 0.6 is 0 Å². The second kappa shape index (κ2) is 6.07. The lowest BCUT2D eigenvalue weighted by molar-refractivity contribution is 0.0842. The molecule has 0 radical (unpaired) electrons. The van der Waals surface area contributed by atoms with E-state index in [1.165, 1.54) is 6.33 Å². The van der Waals surface area contributed by atoms with Crippen molar-refractivity contribution >= 4 is 0 Å². The average molecular weight is 236 g/mol. The zero-order chi connectivity index (χ0) is 12.9. The van der Waals surface area contributed by atoms with Gasteiger partial charge in [-0.25, -0.2) is 9.97 Å². The first-order valence-electron chi connectivity index (χ1n) is 6.35. The van der Waals surface area contributed by atoms with Crippen LogP contribution < -0.4 is 5.73 Å². The molecule has 0 fully saturated rings. The van der Waals surface area contributed by atoms with E-state index in [0.717, 1.165) is 25.1 Å². The summed E-state index contributed by atoms with van der Waals surface area (Å²) < 4.78 is 0. The highest BCUT2D eigenvalue weighted by molar-refractivity contribution is 5.15. The Hall–Kier alpha value is -1.00. The van der Waals surface area contributed by atoms with Gasteiger partial charge in [0.15, 0.2) is 0 Å². The van der Waals surface area contributed by atoms with Crippen molar-refractivity contribution in [1.82, 2.24) is 14.9 Å². The monoisotopic (exact) mass is 236 g/mol. The van der Waals surface area contributed by atoms with Gasteiger partial charge in [-0.1, -0.05) is 20.8 Å². The fraction of sp³-hybridized carbons (Fsp3) is 0.692. The molecule has 0 aliphatic heterocycles. The molecule has 0 aromatic carbocycles. The molecule has 96 valence electrons. The minimum Gasteiger partial charge on any atom is -0.322 e. The van der Waals surface area contributed by atoms with Crippen LogP contribution in [0, 0.1) is 0 Å². The van der Waals surface area contributed by atoms with Gasteiger partial charge in [0, 0.05) is 23.5 Å². The van der Waals surface area contributed by atoms with Crippen LogP contribution in [0.15, 0.2) is 18.7 Å². The number of aromatic nitrogens is 2. The molecule has 2 N–H and O–H groups in total. The van der Waals surface area contributed by atoms with Gasteiger partial charge in [0.25, 0.3) is 0 Å². The van der Waals surface area contributed by atoms with Crippen molar-refractivity contribution in [2.24, 2.45) is 5.73 Å². The standard InChI is InChI=1S/C13H24N4/c1-5-13(4,17(6-2)7-3)12(14)11-8-15-10-16-9-11/h8-10,12H,5-7,14H2,1-4H3. The zero-order valence-corrected chi connectivity index (χ0v) is 11.3. The van der Waals surface area contributed by atoms with Gasteiger partial charge in [0.1, 0.15) is 6.33 Å². The average Bonchev–Trinajstić information content (AvgIpc) is 2.39. The molecule has 0 spiro atoms. The molecule has 0 amide bonds. The Kier molecular flexibility index (Phi) is 5.02. The zero-order valence-electron chi connectivity index (χ0n) is 11.3. The summed E-state index contributed by atoms with van der Waals surface area (Å²) in [5.74, 6) is 0. The van der Waals surface area contributed by atoms with Crippen molar-refractivity contribution in [1.29, 1.82) is 0 Å². The molecule has 2 atom stereocenters. The third-order valence-corrected chi connectivity index (χ3v) is 3.81. The van der Waals surface area contributed by atoms with Gasteiger partial charge in [-0.05, 0) is 26.4 Å². The molecule has 4 nitrogen and oxygen atoms in total. The number of likely N-dealkylation sites (N-methyl/N-ethyl adjacent to an activating group) is 1. The van der Waals surface area contributed by atoms with Crippen LogP contribution in [-0.2, 0) is 0 Å². The number of rotatable bonds is 6. The predicted octanol–water partition coefficient (Wildman–Crippen LogP) is 1.99. The predicted molar refractivity (Wildman–Crippen MR) is 70.6 cm³/mol. The molecule has 0 saturated carbocycles. The first-order valence-corrected chi connectivity index (χ1v) is 6.35. The Bertz CT molecular complexity index is 323. The van der Waals surface area contributed by atoms with E-state index in [2.05, 4.69) is 42.6 Å². The summed E-state index contributed by atoms with van der Waals surface area (Å²) in [5, 5.41) is 0. The van der Waals surface area contributed by atoms with Gasteiger partial charge >= 0.3 is 0 Å². The van der Waals surface area contributed by atoms with Gasteiger partial charge in [0.2, 0.25) is 0 Å². The lowest BCUT2D eigenvalue weighted by Crippen LogP contribution is -2.53. The van der Waals surface area contributed by atoms with Crippen LogP contribution in [-0.4, -0.2) is 33.5 Å². The first kappa shape index (κ1) is 14.1. The molecule has 1 aromatic rings. The molecule has 4 heteroatoms. The van der Waals surface area contributed by atoms with E-state index in [0.29, 0.717) is 0 Å². The summed E-state index contributed by atoms with van der Waals surface area (Å²) in [7, 11) is 0. The normalized spacial score (nSPS) is 16.8. The van der Waals surface area contributed by atoms with E-state index in [1.807, 2.05) is 12.4 Å². The van der Waals surface area contributed by atoms with Gasteiger partial charge < -0.3 is 5.73 Å². The maximum absolute atomic E-state index is 6.41. The van der Waals surface area contributed by atoms with Crippen LogP contribution in [0.1, 0.15) is 45.7 Å². The summed E-state index contributed by atoms with van der Waals surface area (Å²) >= 11 is 0. The van der Waals surface area contributed by atoms with Gasteiger partial charge in [-0.15, -0.1) is 0 Å². The highest BCUT2D eigenvalue weighted by Gasteiger charge is 2.35. The van der Waals surface area contributed by atoms with Crippen molar-refractivity contribution in [3.8, 4) is 0 Å². The van der Waals surface area contributed by atoms with Crippen molar-refractivity contribution < 1.29 is 0 Å². The smallest absolute Gasteiger partial charge is 0.115 e. The Balaban J connectivity index is 3.00. The fourth-order valence-electron chi connectivity index (χ4n) is 2.42. The summed E-state index contributed by atoms with van der Waals surface area (Å²) in [5.41, 5.74) is 7.37. The van der Waals surface area contributed by atoms with Crippen molar-refractivity contribution in [3.63, 3.8) is 0 Å². The Morgan fingerprint density at radius 3 is 2.18 bits per heavy atom. The second-order valence-corrected chi connectivity index (χ2v) is 4.53. The highest BCUT2D eigenvalue weighted by atomic mass is 15.2. The van der Waals surface area contributed by atoms with E-state index in [9.17, 15) is 0 Å². The first-order chi connectivity index (χ1) is 8.10. The Morgan fingerprint density at radius 1 is 1.24 bits per heavy atom. The van der Waals surface area contributed by atoms with E-state index >= 15 is 0 Å². The van der Waals surface area contributed by atoms with Crippen molar-refractivity contribution in [3.05, 3.63) is 24.3 Å². The molecule has 0 bridgehead atoms. The van der Waals surface area contributed by atoms with Crippen molar-refractivity contribution in [2.75, 3.05) is 13.1 Å². The topological polar surface area (TPSA) is 55.0 Å². The largest absolute Gasteiger partial charge is 0.322 e. The van der Waals surface area contributed by atoms with Gasteiger partial charge in [-0.3, -0.25) is 4.90 Å². The van der Waals surface area contributed by atoms with Crippen LogP contribution in [0.5, 0.6) is 0 Å². The van der Waals surface area contributed by atoms with Crippen LogP contribution in [0.4, 0.5) is 0 Å². The van der Waals surface area contributed by atoms with E-state index in [4.69, 9.17) is 5.73 Å². The minimum atomic E-state index is -0.0615. The van der Waals surface area contributed by atoms with Crippen molar-refractivity contribution in [2.45, 2.75) is 45.7 Å². The molecule has 1 aromatic heterocycles. The summed E-state index contributed by atoms with van der Waals surface area (Å²) in [6.07, 6.45) is 6.17. The maximum atomic E-state index is 6.41. The summed E-state index contributed by atoms with van der Waals surface area (Å²) in [6.45, 7) is 10.8. The second-order valence-electron chi connectivity index (χ2n) is 4.53.